The molecule has 2 aromatic carbocycles. The van der Waals surface area contributed by atoms with Crippen molar-refractivity contribution < 1.29 is 14.0 Å². The Morgan fingerprint density at radius 1 is 0.970 bits per heavy atom. The molecule has 1 fully saturated rings. The molecule has 170 valence electrons. The number of rotatable bonds is 6. The Morgan fingerprint density at radius 3 is 2.30 bits per heavy atom. The average Bonchev–Trinajstić information content (AvgIpc) is 2.86. The number of piperazine rings is 1. The molecule has 3 N–H and O–H groups in total. The maximum absolute atomic E-state index is 13.9. The summed E-state index contributed by atoms with van der Waals surface area (Å²) in [5.41, 5.74) is 8.66. The van der Waals surface area contributed by atoms with E-state index in [2.05, 4.69) is 15.2 Å². The van der Waals surface area contributed by atoms with E-state index in [9.17, 15) is 14.0 Å². The quantitative estimate of drug-likeness (QED) is 0.606. The zero-order valence-corrected chi connectivity index (χ0v) is 18.2. The van der Waals surface area contributed by atoms with Gasteiger partial charge in [0.1, 0.15) is 11.9 Å². The predicted molar refractivity (Wildman–Crippen MR) is 124 cm³/mol. The van der Waals surface area contributed by atoms with Crippen LogP contribution in [0.3, 0.4) is 0 Å². The molecule has 2 amide bonds. The lowest BCUT2D eigenvalue weighted by Crippen LogP contribution is -2.50. The summed E-state index contributed by atoms with van der Waals surface area (Å²) in [6.07, 6.45) is 3.20. The van der Waals surface area contributed by atoms with E-state index in [0.29, 0.717) is 55.1 Å². The molecule has 3 aromatic rings. The average molecular weight is 448 g/mol. The van der Waals surface area contributed by atoms with Crippen molar-refractivity contribution >= 4 is 17.5 Å². The van der Waals surface area contributed by atoms with Gasteiger partial charge in [0, 0.05) is 61.9 Å². The molecule has 7 nitrogen and oxygen atoms in total. The Hall–Kier alpha value is -3.62. The van der Waals surface area contributed by atoms with Crippen LogP contribution in [0.5, 0.6) is 0 Å². The van der Waals surface area contributed by atoms with Crippen molar-refractivity contribution in [3.8, 4) is 0 Å². The van der Waals surface area contributed by atoms with E-state index in [-0.39, 0.29) is 17.6 Å². The molecule has 0 bridgehead atoms. The van der Waals surface area contributed by atoms with E-state index in [4.69, 9.17) is 5.73 Å². The number of pyridine rings is 1. The van der Waals surface area contributed by atoms with E-state index < -0.39 is 6.04 Å². The second-order valence-corrected chi connectivity index (χ2v) is 7.98. The smallest absolute Gasteiger partial charge is 0.255 e. The van der Waals surface area contributed by atoms with Gasteiger partial charge in [-0.25, -0.2) is 4.39 Å². The Morgan fingerprint density at radius 2 is 1.64 bits per heavy atom. The van der Waals surface area contributed by atoms with Crippen LogP contribution in [0.2, 0.25) is 0 Å². The molecule has 0 saturated carbocycles. The standard InChI is InChI=1S/C25H26FN5O2/c26-22-4-2-1-3-20(22)17-30-13-15-31(16-14-30)25(33)23(27)18-5-7-19(8-6-18)24(32)29-21-9-11-28-12-10-21/h1-12,23H,13-17,27H2,(H,28,29,32). The molecule has 0 spiro atoms. The van der Waals surface area contributed by atoms with Crippen molar-refractivity contribution in [2.45, 2.75) is 12.6 Å². The van der Waals surface area contributed by atoms with Gasteiger partial charge in [-0.2, -0.15) is 0 Å². The summed E-state index contributed by atoms with van der Waals surface area (Å²) in [7, 11) is 0. The monoisotopic (exact) mass is 447 g/mol. The third-order valence-electron chi connectivity index (χ3n) is 5.77. The molecule has 33 heavy (non-hydrogen) atoms. The zero-order valence-electron chi connectivity index (χ0n) is 18.2. The van der Waals surface area contributed by atoms with Gasteiger partial charge in [-0.1, -0.05) is 30.3 Å². The van der Waals surface area contributed by atoms with Crippen molar-refractivity contribution in [1.29, 1.82) is 0 Å². The topological polar surface area (TPSA) is 91.6 Å². The van der Waals surface area contributed by atoms with Crippen LogP contribution in [0.25, 0.3) is 0 Å². The molecule has 0 aliphatic carbocycles. The molecular formula is C25H26FN5O2. The third kappa shape index (κ3) is 5.60. The first kappa shape index (κ1) is 22.6. The minimum Gasteiger partial charge on any atom is -0.338 e. The van der Waals surface area contributed by atoms with Gasteiger partial charge in [0.25, 0.3) is 5.91 Å². The summed E-state index contributed by atoms with van der Waals surface area (Å²) in [5.74, 6) is -0.621. The minimum atomic E-state index is -0.805. The van der Waals surface area contributed by atoms with Crippen LogP contribution < -0.4 is 11.1 Å². The van der Waals surface area contributed by atoms with E-state index in [1.54, 1.807) is 65.8 Å². The number of nitrogens with two attached hydrogens (primary N) is 1. The normalized spacial score (nSPS) is 15.2. The van der Waals surface area contributed by atoms with Gasteiger partial charge in [-0.05, 0) is 35.9 Å². The van der Waals surface area contributed by atoms with Crippen molar-refractivity contribution in [2.24, 2.45) is 5.73 Å². The summed E-state index contributed by atoms with van der Waals surface area (Å²) in [5, 5.41) is 2.79. The lowest BCUT2D eigenvalue weighted by Gasteiger charge is -2.36. The number of amides is 2. The number of halogens is 1. The van der Waals surface area contributed by atoms with Gasteiger partial charge in [0.05, 0.1) is 0 Å². The number of nitrogens with zero attached hydrogens (tertiary/aromatic N) is 3. The molecule has 1 aliphatic rings. The fourth-order valence-electron chi connectivity index (χ4n) is 3.81. The van der Waals surface area contributed by atoms with Crippen LogP contribution in [0.4, 0.5) is 10.1 Å². The first-order valence-corrected chi connectivity index (χ1v) is 10.8. The highest BCUT2D eigenvalue weighted by Gasteiger charge is 2.26. The molecule has 2 heterocycles. The predicted octanol–water partition coefficient (Wildman–Crippen LogP) is 2.82. The number of hydrogen-bond acceptors (Lipinski definition) is 5. The van der Waals surface area contributed by atoms with E-state index in [0.717, 1.165) is 0 Å². The third-order valence-corrected chi connectivity index (χ3v) is 5.77. The largest absolute Gasteiger partial charge is 0.338 e. The van der Waals surface area contributed by atoms with E-state index in [1.807, 2.05) is 6.07 Å². The number of anilines is 1. The molecule has 0 radical (unpaired) electrons. The molecule has 4 rings (SSSR count). The summed E-state index contributed by atoms with van der Waals surface area (Å²) in [4.78, 5) is 33.1. The van der Waals surface area contributed by atoms with E-state index in [1.165, 1.54) is 6.07 Å². The number of aromatic nitrogens is 1. The van der Waals surface area contributed by atoms with Crippen molar-refractivity contribution in [3.63, 3.8) is 0 Å². The molecule has 1 atom stereocenters. The van der Waals surface area contributed by atoms with Gasteiger partial charge >= 0.3 is 0 Å². The minimum absolute atomic E-state index is 0.158. The summed E-state index contributed by atoms with van der Waals surface area (Å²) >= 11 is 0. The fraction of sp³-hybridized carbons (Fsp3) is 0.240. The first-order chi connectivity index (χ1) is 16.0. The molecule has 1 aromatic heterocycles. The van der Waals surface area contributed by atoms with Crippen LogP contribution in [0.15, 0.2) is 73.1 Å². The van der Waals surface area contributed by atoms with Crippen LogP contribution in [0, 0.1) is 5.82 Å². The van der Waals surface area contributed by atoms with Gasteiger partial charge < -0.3 is 16.0 Å². The fourth-order valence-corrected chi connectivity index (χ4v) is 3.81. The second kappa shape index (κ2) is 10.3. The van der Waals surface area contributed by atoms with Crippen LogP contribution in [0.1, 0.15) is 27.5 Å². The number of carbonyl (C=O) groups is 2. The Bertz CT molecular complexity index is 1100. The number of benzene rings is 2. The van der Waals surface area contributed by atoms with Gasteiger partial charge in [0.15, 0.2) is 0 Å². The van der Waals surface area contributed by atoms with E-state index >= 15 is 0 Å². The highest BCUT2D eigenvalue weighted by atomic mass is 19.1. The van der Waals surface area contributed by atoms with Crippen LogP contribution in [-0.4, -0.2) is 52.8 Å². The highest BCUT2D eigenvalue weighted by molar-refractivity contribution is 6.04. The zero-order chi connectivity index (χ0) is 23.2. The Labute approximate surface area is 192 Å². The summed E-state index contributed by atoms with van der Waals surface area (Å²) < 4.78 is 13.9. The van der Waals surface area contributed by atoms with Crippen molar-refractivity contribution in [2.75, 3.05) is 31.5 Å². The second-order valence-electron chi connectivity index (χ2n) is 7.98. The van der Waals surface area contributed by atoms with Gasteiger partial charge in [-0.3, -0.25) is 19.5 Å². The number of hydrogen-bond donors (Lipinski definition) is 2. The highest BCUT2D eigenvalue weighted by Crippen LogP contribution is 2.18. The molecule has 8 heteroatoms. The van der Waals surface area contributed by atoms with Crippen molar-refractivity contribution in [1.82, 2.24) is 14.8 Å². The lowest BCUT2D eigenvalue weighted by atomic mass is 10.0. The van der Waals surface area contributed by atoms with Gasteiger partial charge in [0.2, 0.25) is 5.91 Å². The molecule has 1 unspecified atom stereocenters. The maximum atomic E-state index is 13.9. The molecule has 1 aliphatic heterocycles. The Balaban J connectivity index is 1.31. The Kier molecular flexibility index (Phi) is 7.07. The maximum Gasteiger partial charge on any atom is 0.255 e. The van der Waals surface area contributed by atoms with Crippen LogP contribution >= 0.6 is 0 Å². The first-order valence-electron chi connectivity index (χ1n) is 10.8. The molecule has 1 saturated heterocycles. The van der Waals surface area contributed by atoms with Gasteiger partial charge in [-0.15, -0.1) is 0 Å². The van der Waals surface area contributed by atoms with Crippen molar-refractivity contribution in [3.05, 3.63) is 95.6 Å². The number of nitrogens with one attached hydrogen (secondary N) is 1. The summed E-state index contributed by atoms with van der Waals surface area (Å²) in [6, 6.07) is 16.1. The lowest BCUT2D eigenvalue weighted by molar-refractivity contribution is -0.134. The molecular weight excluding hydrogens is 421 g/mol. The van der Waals surface area contributed by atoms with Crippen LogP contribution in [-0.2, 0) is 11.3 Å². The number of carbonyl (C=O) groups excluding carboxylic acids is 2. The SMILES string of the molecule is NC(C(=O)N1CCN(Cc2ccccc2F)CC1)c1ccc(C(=O)Nc2ccncc2)cc1. The summed E-state index contributed by atoms with van der Waals surface area (Å²) in [6.45, 7) is 2.90.